The van der Waals surface area contributed by atoms with E-state index in [1.807, 2.05) is 19.1 Å². The first-order valence-corrected chi connectivity index (χ1v) is 6.37. The second-order valence-corrected chi connectivity index (χ2v) is 4.01. The Morgan fingerprint density at radius 2 is 2.15 bits per heavy atom. The number of anilines is 1. The van der Waals surface area contributed by atoms with Crippen LogP contribution < -0.4 is 14.8 Å². The Kier molecular flexibility index (Phi) is 4.89. The van der Waals surface area contributed by atoms with Crippen molar-refractivity contribution >= 4 is 17.5 Å². The van der Waals surface area contributed by atoms with Gasteiger partial charge in [0.15, 0.2) is 0 Å². The SMILES string of the molecule is CCOc1nc(Cl)nc(NCc2cccnc2OC)n1. The van der Waals surface area contributed by atoms with Crippen LogP contribution in [0.15, 0.2) is 18.3 Å². The summed E-state index contributed by atoms with van der Waals surface area (Å²) in [6.07, 6.45) is 1.66. The highest BCUT2D eigenvalue weighted by Crippen LogP contribution is 2.16. The summed E-state index contributed by atoms with van der Waals surface area (Å²) in [4.78, 5) is 16.0. The Morgan fingerprint density at radius 1 is 1.30 bits per heavy atom. The number of aromatic nitrogens is 4. The molecule has 0 radical (unpaired) electrons. The van der Waals surface area contributed by atoms with Gasteiger partial charge >= 0.3 is 6.01 Å². The first-order chi connectivity index (χ1) is 9.72. The van der Waals surface area contributed by atoms with E-state index in [-0.39, 0.29) is 11.3 Å². The molecule has 0 aliphatic rings. The lowest BCUT2D eigenvalue weighted by Gasteiger charge is -2.09. The molecule has 0 amide bonds. The van der Waals surface area contributed by atoms with E-state index in [2.05, 4.69) is 25.3 Å². The van der Waals surface area contributed by atoms with Gasteiger partial charge in [0.05, 0.1) is 13.7 Å². The van der Waals surface area contributed by atoms with Crippen molar-refractivity contribution in [2.24, 2.45) is 0 Å². The minimum atomic E-state index is 0.0732. The highest BCUT2D eigenvalue weighted by atomic mass is 35.5. The van der Waals surface area contributed by atoms with E-state index in [1.54, 1.807) is 13.3 Å². The van der Waals surface area contributed by atoms with E-state index in [4.69, 9.17) is 21.1 Å². The van der Waals surface area contributed by atoms with Gasteiger partial charge in [0.2, 0.25) is 17.1 Å². The maximum absolute atomic E-state index is 5.81. The van der Waals surface area contributed by atoms with E-state index in [9.17, 15) is 0 Å². The van der Waals surface area contributed by atoms with E-state index in [0.717, 1.165) is 5.56 Å². The fourth-order valence-corrected chi connectivity index (χ4v) is 1.67. The molecular weight excluding hydrogens is 282 g/mol. The van der Waals surface area contributed by atoms with Crippen molar-refractivity contribution < 1.29 is 9.47 Å². The molecule has 1 N–H and O–H groups in total. The van der Waals surface area contributed by atoms with E-state index in [1.165, 1.54) is 0 Å². The van der Waals surface area contributed by atoms with Crippen LogP contribution in [0.4, 0.5) is 5.95 Å². The number of ether oxygens (including phenoxy) is 2. The summed E-state index contributed by atoms with van der Waals surface area (Å²) in [5, 5.41) is 3.10. The summed E-state index contributed by atoms with van der Waals surface area (Å²) in [6, 6.07) is 3.91. The summed E-state index contributed by atoms with van der Waals surface area (Å²) < 4.78 is 10.4. The molecule has 0 bridgehead atoms. The summed E-state index contributed by atoms with van der Waals surface area (Å²) in [7, 11) is 1.57. The molecule has 2 rings (SSSR count). The van der Waals surface area contributed by atoms with Crippen molar-refractivity contribution in [2.75, 3.05) is 19.0 Å². The van der Waals surface area contributed by atoms with Gasteiger partial charge in [-0.25, -0.2) is 4.98 Å². The molecule has 106 valence electrons. The first kappa shape index (κ1) is 14.3. The van der Waals surface area contributed by atoms with Crippen molar-refractivity contribution in [2.45, 2.75) is 13.5 Å². The first-order valence-electron chi connectivity index (χ1n) is 5.99. The molecule has 0 aromatic carbocycles. The third-order valence-corrected chi connectivity index (χ3v) is 2.51. The number of nitrogens with zero attached hydrogens (tertiary/aromatic N) is 4. The van der Waals surface area contributed by atoms with Crippen LogP contribution in [0, 0.1) is 0 Å². The molecule has 0 aliphatic carbocycles. The minimum Gasteiger partial charge on any atom is -0.481 e. The maximum Gasteiger partial charge on any atom is 0.322 e. The number of nitrogens with one attached hydrogen (secondary N) is 1. The Balaban J connectivity index is 2.10. The predicted molar refractivity (Wildman–Crippen MR) is 74.1 cm³/mol. The molecular formula is C12H14ClN5O2. The fraction of sp³-hybridized carbons (Fsp3) is 0.333. The molecule has 2 aromatic heterocycles. The van der Waals surface area contributed by atoms with Gasteiger partial charge in [-0.3, -0.25) is 0 Å². The van der Waals surface area contributed by atoms with E-state index >= 15 is 0 Å². The van der Waals surface area contributed by atoms with Crippen molar-refractivity contribution in [3.63, 3.8) is 0 Å². The monoisotopic (exact) mass is 295 g/mol. The molecule has 0 atom stereocenters. The number of pyridine rings is 1. The molecule has 0 saturated carbocycles. The van der Waals surface area contributed by atoms with Crippen molar-refractivity contribution in [3.8, 4) is 11.9 Å². The van der Waals surface area contributed by atoms with Crippen molar-refractivity contribution in [1.29, 1.82) is 0 Å². The summed E-state index contributed by atoms with van der Waals surface area (Å²) in [5.41, 5.74) is 0.879. The van der Waals surface area contributed by atoms with E-state index in [0.29, 0.717) is 25.0 Å². The third-order valence-electron chi connectivity index (χ3n) is 2.34. The third kappa shape index (κ3) is 3.67. The van der Waals surface area contributed by atoms with Gasteiger partial charge in [0, 0.05) is 18.3 Å². The van der Waals surface area contributed by atoms with Crippen LogP contribution in [0.5, 0.6) is 11.9 Å². The predicted octanol–water partition coefficient (Wildman–Crippen LogP) is 1.94. The zero-order chi connectivity index (χ0) is 14.4. The van der Waals surface area contributed by atoms with Gasteiger partial charge in [-0.15, -0.1) is 0 Å². The van der Waals surface area contributed by atoms with Crippen LogP contribution >= 0.6 is 11.6 Å². The quantitative estimate of drug-likeness (QED) is 0.872. The molecule has 20 heavy (non-hydrogen) atoms. The highest BCUT2D eigenvalue weighted by Gasteiger charge is 2.07. The average Bonchev–Trinajstić information content (AvgIpc) is 2.45. The maximum atomic E-state index is 5.81. The second-order valence-electron chi connectivity index (χ2n) is 3.67. The molecule has 0 unspecified atom stereocenters. The van der Waals surface area contributed by atoms with Crippen LogP contribution in [-0.4, -0.2) is 33.7 Å². The second kappa shape index (κ2) is 6.85. The van der Waals surface area contributed by atoms with Gasteiger partial charge in [-0.1, -0.05) is 6.07 Å². The molecule has 8 heteroatoms. The Hall–Kier alpha value is -2.15. The van der Waals surface area contributed by atoms with Crippen LogP contribution in [0.1, 0.15) is 12.5 Å². The van der Waals surface area contributed by atoms with Gasteiger partial charge in [0.25, 0.3) is 0 Å². The lowest BCUT2D eigenvalue weighted by Crippen LogP contribution is -2.08. The largest absolute Gasteiger partial charge is 0.481 e. The van der Waals surface area contributed by atoms with E-state index < -0.39 is 0 Å². The number of methoxy groups -OCH3 is 1. The summed E-state index contributed by atoms with van der Waals surface area (Å²) in [5.74, 6) is 0.879. The Morgan fingerprint density at radius 3 is 2.90 bits per heavy atom. The molecule has 0 saturated heterocycles. The van der Waals surface area contributed by atoms with Crippen LogP contribution in [-0.2, 0) is 6.54 Å². The van der Waals surface area contributed by atoms with Crippen LogP contribution in [0.25, 0.3) is 0 Å². The summed E-state index contributed by atoms with van der Waals surface area (Å²) in [6.45, 7) is 2.74. The average molecular weight is 296 g/mol. The number of halogens is 1. The van der Waals surface area contributed by atoms with Gasteiger partial charge < -0.3 is 14.8 Å². The normalized spacial score (nSPS) is 10.2. The smallest absolute Gasteiger partial charge is 0.322 e. The van der Waals surface area contributed by atoms with Gasteiger partial charge in [-0.2, -0.15) is 15.0 Å². The Bertz CT molecular complexity index is 582. The van der Waals surface area contributed by atoms with Crippen molar-refractivity contribution in [1.82, 2.24) is 19.9 Å². The zero-order valence-electron chi connectivity index (χ0n) is 11.1. The number of hydrogen-bond donors (Lipinski definition) is 1. The molecule has 2 aromatic rings. The van der Waals surface area contributed by atoms with Crippen molar-refractivity contribution in [3.05, 3.63) is 29.2 Å². The standard InChI is InChI=1S/C12H14ClN5O2/c1-3-20-12-17-10(13)16-11(18-12)15-7-8-5-4-6-14-9(8)19-2/h4-6H,3,7H2,1-2H3,(H,15,16,17,18). The minimum absolute atomic E-state index is 0.0732. The van der Waals surface area contributed by atoms with Gasteiger partial charge in [0.1, 0.15) is 0 Å². The molecule has 7 nitrogen and oxygen atoms in total. The number of hydrogen-bond acceptors (Lipinski definition) is 7. The van der Waals surface area contributed by atoms with Crippen LogP contribution in [0.2, 0.25) is 5.28 Å². The van der Waals surface area contributed by atoms with Gasteiger partial charge in [-0.05, 0) is 24.6 Å². The zero-order valence-corrected chi connectivity index (χ0v) is 11.9. The Labute approximate surface area is 121 Å². The summed E-state index contributed by atoms with van der Waals surface area (Å²) >= 11 is 5.81. The molecule has 0 aliphatic heterocycles. The van der Waals surface area contributed by atoms with Crippen LogP contribution in [0.3, 0.4) is 0 Å². The lowest BCUT2D eigenvalue weighted by atomic mass is 10.3. The lowest BCUT2D eigenvalue weighted by molar-refractivity contribution is 0.312. The molecule has 2 heterocycles. The molecule has 0 spiro atoms. The fourth-order valence-electron chi connectivity index (χ4n) is 1.52. The molecule has 0 fully saturated rings. The highest BCUT2D eigenvalue weighted by molar-refractivity contribution is 6.28. The topological polar surface area (TPSA) is 82.1 Å². The number of rotatable bonds is 6.